The van der Waals surface area contributed by atoms with E-state index in [0.29, 0.717) is 6.04 Å². The van der Waals surface area contributed by atoms with E-state index >= 15 is 0 Å². The van der Waals surface area contributed by atoms with Gasteiger partial charge in [0.15, 0.2) is 0 Å². The Morgan fingerprint density at radius 3 is 2.50 bits per heavy atom. The zero-order valence-electron chi connectivity index (χ0n) is 11.8. The molecule has 1 atom stereocenters. The van der Waals surface area contributed by atoms with Crippen LogP contribution in [-0.2, 0) is 16.8 Å². The Hall–Kier alpha value is -0.860. The van der Waals surface area contributed by atoms with Gasteiger partial charge in [0.05, 0.1) is 13.2 Å². The van der Waals surface area contributed by atoms with E-state index in [1.807, 2.05) is 0 Å². The molecular weight excluding hydrogens is 222 g/mol. The fourth-order valence-electron chi connectivity index (χ4n) is 2.32. The van der Waals surface area contributed by atoms with Gasteiger partial charge in [-0.2, -0.15) is 0 Å². The Bertz CT molecular complexity index is 358. The average Bonchev–Trinajstić information content (AvgIpc) is 2.82. The molecule has 100 valence electrons. The van der Waals surface area contributed by atoms with Crippen molar-refractivity contribution in [2.75, 3.05) is 13.2 Å². The maximum atomic E-state index is 5.77. The molecule has 2 heteroatoms. The van der Waals surface area contributed by atoms with Crippen molar-refractivity contribution < 1.29 is 4.74 Å². The van der Waals surface area contributed by atoms with E-state index in [0.717, 1.165) is 19.8 Å². The molecule has 2 nitrogen and oxygen atoms in total. The highest BCUT2D eigenvalue weighted by molar-refractivity contribution is 5.27. The van der Waals surface area contributed by atoms with Gasteiger partial charge in [-0.15, -0.1) is 0 Å². The van der Waals surface area contributed by atoms with Crippen molar-refractivity contribution in [3.8, 4) is 0 Å². The minimum absolute atomic E-state index is 0.229. The zero-order valence-corrected chi connectivity index (χ0v) is 11.8. The Morgan fingerprint density at radius 1 is 1.22 bits per heavy atom. The van der Waals surface area contributed by atoms with Crippen LogP contribution in [0, 0.1) is 0 Å². The van der Waals surface area contributed by atoms with Crippen LogP contribution in [0.2, 0.25) is 0 Å². The maximum absolute atomic E-state index is 5.77. The summed E-state index contributed by atoms with van der Waals surface area (Å²) in [6.07, 6.45) is 2.54. The summed E-state index contributed by atoms with van der Waals surface area (Å²) >= 11 is 0. The van der Waals surface area contributed by atoms with Crippen LogP contribution in [0.15, 0.2) is 24.3 Å². The van der Waals surface area contributed by atoms with Gasteiger partial charge in [-0.1, -0.05) is 45.0 Å². The molecule has 1 aliphatic rings. The van der Waals surface area contributed by atoms with E-state index in [1.165, 1.54) is 24.0 Å². The van der Waals surface area contributed by atoms with Gasteiger partial charge in [0, 0.05) is 6.04 Å². The summed E-state index contributed by atoms with van der Waals surface area (Å²) in [5.74, 6) is 0. The molecule has 1 fully saturated rings. The van der Waals surface area contributed by atoms with Gasteiger partial charge >= 0.3 is 0 Å². The molecule has 1 aromatic carbocycles. The fourth-order valence-corrected chi connectivity index (χ4v) is 2.32. The molecule has 1 aliphatic heterocycles. The number of ether oxygens (including phenoxy) is 1. The van der Waals surface area contributed by atoms with Crippen molar-refractivity contribution in [2.24, 2.45) is 0 Å². The number of benzene rings is 1. The number of rotatable bonds is 4. The smallest absolute Gasteiger partial charge is 0.0717 e. The first-order chi connectivity index (χ1) is 8.55. The predicted octanol–water partition coefficient (Wildman–Crippen LogP) is 3.25. The van der Waals surface area contributed by atoms with Crippen LogP contribution in [0.5, 0.6) is 0 Å². The molecule has 1 unspecified atom stereocenters. The molecule has 18 heavy (non-hydrogen) atoms. The van der Waals surface area contributed by atoms with Crippen LogP contribution < -0.4 is 5.32 Å². The minimum atomic E-state index is 0.229. The normalized spacial score (nSPS) is 20.3. The summed E-state index contributed by atoms with van der Waals surface area (Å²) in [7, 11) is 0. The van der Waals surface area contributed by atoms with Gasteiger partial charge in [0.2, 0.25) is 0 Å². The number of hydrogen-bond acceptors (Lipinski definition) is 2. The van der Waals surface area contributed by atoms with Gasteiger partial charge in [0.25, 0.3) is 0 Å². The average molecular weight is 247 g/mol. The lowest BCUT2D eigenvalue weighted by Crippen LogP contribution is -2.26. The molecule has 1 saturated heterocycles. The first kappa shape index (κ1) is 13.6. The second-order valence-electron chi connectivity index (χ2n) is 6.26. The molecule has 0 aliphatic carbocycles. The van der Waals surface area contributed by atoms with E-state index in [9.17, 15) is 0 Å². The summed E-state index contributed by atoms with van der Waals surface area (Å²) in [5, 5.41) is 3.45. The molecule has 0 bridgehead atoms. The van der Waals surface area contributed by atoms with E-state index in [4.69, 9.17) is 4.74 Å². The van der Waals surface area contributed by atoms with E-state index < -0.39 is 0 Å². The second kappa shape index (κ2) is 5.85. The van der Waals surface area contributed by atoms with Gasteiger partial charge < -0.3 is 10.1 Å². The third-order valence-corrected chi connectivity index (χ3v) is 3.57. The van der Waals surface area contributed by atoms with Crippen LogP contribution in [-0.4, -0.2) is 19.2 Å². The molecular formula is C16H25NO. The first-order valence-electron chi connectivity index (χ1n) is 6.96. The summed E-state index contributed by atoms with van der Waals surface area (Å²) < 4.78 is 5.77. The number of hydrogen-bond donors (Lipinski definition) is 1. The van der Waals surface area contributed by atoms with Crippen LogP contribution >= 0.6 is 0 Å². The lowest BCUT2D eigenvalue weighted by atomic mass is 9.87. The Morgan fingerprint density at radius 2 is 1.94 bits per heavy atom. The van der Waals surface area contributed by atoms with E-state index in [2.05, 4.69) is 50.4 Å². The van der Waals surface area contributed by atoms with E-state index in [1.54, 1.807) is 0 Å². The topological polar surface area (TPSA) is 21.3 Å². The van der Waals surface area contributed by atoms with Crippen LogP contribution in [0.25, 0.3) is 0 Å². The Labute approximate surface area is 111 Å². The third kappa shape index (κ3) is 3.82. The lowest BCUT2D eigenvalue weighted by molar-refractivity contribution is 0.103. The zero-order chi connectivity index (χ0) is 13.0. The first-order valence-corrected chi connectivity index (χ1v) is 6.96. The van der Waals surface area contributed by atoms with Gasteiger partial charge in [0.1, 0.15) is 0 Å². The molecule has 0 radical (unpaired) electrons. The Balaban J connectivity index is 1.79. The van der Waals surface area contributed by atoms with Crippen LogP contribution in [0.4, 0.5) is 0 Å². The van der Waals surface area contributed by atoms with Gasteiger partial charge in [-0.3, -0.25) is 0 Å². The maximum Gasteiger partial charge on any atom is 0.0717 e. The predicted molar refractivity (Wildman–Crippen MR) is 75.8 cm³/mol. The standard InChI is InChI=1S/C16H25NO/c1-16(2,3)14-8-6-13(7-9-14)11-18-12-15-5-4-10-17-15/h6-9,15,17H,4-5,10-12H2,1-3H3. The highest BCUT2D eigenvalue weighted by Crippen LogP contribution is 2.22. The second-order valence-corrected chi connectivity index (χ2v) is 6.26. The van der Waals surface area contributed by atoms with Crippen molar-refractivity contribution in [2.45, 2.75) is 51.7 Å². The molecule has 0 saturated carbocycles. The highest BCUT2D eigenvalue weighted by Gasteiger charge is 2.14. The summed E-state index contributed by atoms with van der Waals surface area (Å²) in [4.78, 5) is 0. The molecule has 1 heterocycles. The molecule has 1 N–H and O–H groups in total. The molecule has 1 aromatic rings. The summed E-state index contributed by atoms with van der Waals surface area (Å²) in [6.45, 7) is 9.43. The number of nitrogens with one attached hydrogen (secondary N) is 1. The molecule has 0 aromatic heterocycles. The minimum Gasteiger partial charge on any atom is -0.375 e. The van der Waals surface area contributed by atoms with Gasteiger partial charge in [-0.25, -0.2) is 0 Å². The highest BCUT2D eigenvalue weighted by atomic mass is 16.5. The van der Waals surface area contributed by atoms with Crippen LogP contribution in [0.3, 0.4) is 0 Å². The summed E-state index contributed by atoms with van der Waals surface area (Å²) in [5.41, 5.74) is 2.87. The SMILES string of the molecule is CC(C)(C)c1ccc(COCC2CCCN2)cc1. The third-order valence-electron chi connectivity index (χ3n) is 3.57. The van der Waals surface area contributed by atoms with Crippen molar-refractivity contribution in [1.82, 2.24) is 5.32 Å². The van der Waals surface area contributed by atoms with Crippen molar-refractivity contribution in [3.05, 3.63) is 35.4 Å². The lowest BCUT2D eigenvalue weighted by Gasteiger charge is -2.19. The van der Waals surface area contributed by atoms with Crippen molar-refractivity contribution in [1.29, 1.82) is 0 Å². The van der Waals surface area contributed by atoms with Crippen LogP contribution in [0.1, 0.15) is 44.7 Å². The van der Waals surface area contributed by atoms with E-state index in [-0.39, 0.29) is 5.41 Å². The fraction of sp³-hybridized carbons (Fsp3) is 0.625. The Kier molecular flexibility index (Phi) is 4.41. The van der Waals surface area contributed by atoms with Crippen molar-refractivity contribution >= 4 is 0 Å². The molecule has 2 rings (SSSR count). The van der Waals surface area contributed by atoms with Crippen molar-refractivity contribution in [3.63, 3.8) is 0 Å². The molecule has 0 amide bonds. The van der Waals surface area contributed by atoms with Gasteiger partial charge in [-0.05, 0) is 35.9 Å². The summed E-state index contributed by atoms with van der Waals surface area (Å²) in [6, 6.07) is 9.36. The quantitative estimate of drug-likeness (QED) is 0.882. The molecule has 0 spiro atoms. The monoisotopic (exact) mass is 247 g/mol. The largest absolute Gasteiger partial charge is 0.375 e.